The average Bonchev–Trinajstić information content (AvgIpc) is 2.89. The van der Waals surface area contributed by atoms with Crippen LogP contribution in [-0.4, -0.2) is 11.9 Å². The van der Waals surface area contributed by atoms with Gasteiger partial charge in [0.2, 0.25) is 5.90 Å². The molecule has 24 heavy (non-hydrogen) atoms. The number of halogens is 2. The van der Waals surface area contributed by atoms with Crippen molar-refractivity contribution in [1.82, 2.24) is 0 Å². The molecule has 0 bridgehead atoms. The third kappa shape index (κ3) is 3.94. The predicted molar refractivity (Wildman–Crippen MR) is 98.2 cm³/mol. The zero-order valence-electron chi connectivity index (χ0n) is 12.8. The molecule has 0 fully saturated rings. The Balaban J connectivity index is 1.81. The Kier molecular flexibility index (Phi) is 4.84. The van der Waals surface area contributed by atoms with Crippen LogP contribution in [0.25, 0.3) is 12.2 Å². The van der Waals surface area contributed by atoms with Crippen molar-refractivity contribution < 1.29 is 9.53 Å². The molecule has 0 unspecified atom stereocenters. The van der Waals surface area contributed by atoms with Crippen molar-refractivity contribution in [2.24, 2.45) is 4.99 Å². The summed E-state index contributed by atoms with van der Waals surface area (Å²) in [6.45, 7) is 2.00. The van der Waals surface area contributed by atoms with Gasteiger partial charge in [0.15, 0.2) is 5.70 Å². The summed E-state index contributed by atoms with van der Waals surface area (Å²) >= 11 is 12.0. The van der Waals surface area contributed by atoms with E-state index in [0.29, 0.717) is 10.0 Å². The summed E-state index contributed by atoms with van der Waals surface area (Å²) < 4.78 is 5.14. The van der Waals surface area contributed by atoms with Gasteiger partial charge in [0.25, 0.3) is 0 Å². The van der Waals surface area contributed by atoms with Crippen LogP contribution < -0.4 is 0 Å². The van der Waals surface area contributed by atoms with Crippen molar-refractivity contribution in [2.75, 3.05) is 0 Å². The molecule has 0 N–H and O–H groups in total. The van der Waals surface area contributed by atoms with E-state index in [0.717, 1.165) is 16.7 Å². The molecule has 120 valence electrons. The van der Waals surface area contributed by atoms with Crippen molar-refractivity contribution in [1.29, 1.82) is 0 Å². The monoisotopic (exact) mass is 357 g/mol. The van der Waals surface area contributed by atoms with Crippen molar-refractivity contribution in [3.05, 3.63) is 81.0 Å². The molecule has 3 rings (SSSR count). The van der Waals surface area contributed by atoms with E-state index >= 15 is 0 Å². The molecule has 3 nitrogen and oxygen atoms in total. The lowest BCUT2D eigenvalue weighted by atomic mass is 10.1. The van der Waals surface area contributed by atoms with Crippen LogP contribution in [-0.2, 0) is 9.53 Å². The number of carbonyl (C=O) groups excluding carboxylic acids is 1. The molecule has 0 radical (unpaired) electrons. The zero-order chi connectivity index (χ0) is 17.1. The van der Waals surface area contributed by atoms with Crippen molar-refractivity contribution in [3.8, 4) is 0 Å². The van der Waals surface area contributed by atoms with Gasteiger partial charge in [-0.1, -0.05) is 59.1 Å². The number of hydrogen-bond acceptors (Lipinski definition) is 3. The van der Waals surface area contributed by atoms with Crippen molar-refractivity contribution in [2.45, 2.75) is 6.92 Å². The van der Waals surface area contributed by atoms with Gasteiger partial charge in [0.1, 0.15) is 0 Å². The molecular weight excluding hydrogens is 345 g/mol. The fourth-order valence-electron chi connectivity index (χ4n) is 2.12. The number of aliphatic imine (C=N–C) groups is 1. The van der Waals surface area contributed by atoms with Crippen LogP contribution >= 0.6 is 23.2 Å². The Morgan fingerprint density at radius 1 is 1.04 bits per heavy atom. The van der Waals surface area contributed by atoms with Gasteiger partial charge in [-0.05, 0) is 42.3 Å². The van der Waals surface area contributed by atoms with Crippen LogP contribution in [0.1, 0.15) is 16.7 Å². The number of cyclic esters (lactones) is 1. The van der Waals surface area contributed by atoms with Gasteiger partial charge >= 0.3 is 5.97 Å². The van der Waals surface area contributed by atoms with Crippen LogP contribution in [0, 0.1) is 6.92 Å². The summed E-state index contributed by atoms with van der Waals surface area (Å²) in [5.74, 6) is -0.248. The third-order valence-corrected chi connectivity index (χ3v) is 3.95. The van der Waals surface area contributed by atoms with Crippen LogP contribution in [0.3, 0.4) is 0 Å². The minimum atomic E-state index is -0.475. The van der Waals surface area contributed by atoms with E-state index in [-0.39, 0.29) is 11.6 Å². The van der Waals surface area contributed by atoms with E-state index < -0.39 is 5.97 Å². The molecule has 0 amide bonds. The van der Waals surface area contributed by atoms with Crippen LogP contribution in [0.15, 0.2) is 59.2 Å². The molecule has 5 heteroatoms. The first kappa shape index (κ1) is 16.5. The van der Waals surface area contributed by atoms with Crippen molar-refractivity contribution >= 4 is 47.2 Å². The maximum atomic E-state index is 11.9. The second kappa shape index (κ2) is 7.04. The fraction of sp³-hybridized carbons (Fsp3) is 0.0526. The topological polar surface area (TPSA) is 38.7 Å². The second-order valence-electron chi connectivity index (χ2n) is 5.28. The largest absolute Gasteiger partial charge is 0.403 e. The Labute approximate surface area is 149 Å². The maximum Gasteiger partial charge on any atom is 0.363 e. The first-order chi connectivity index (χ1) is 11.5. The van der Waals surface area contributed by atoms with Gasteiger partial charge in [-0.15, -0.1) is 0 Å². The lowest BCUT2D eigenvalue weighted by molar-refractivity contribution is -0.129. The lowest BCUT2D eigenvalue weighted by Gasteiger charge is -1.98. The van der Waals surface area contributed by atoms with Gasteiger partial charge in [0, 0.05) is 16.1 Å². The molecule has 2 aromatic carbocycles. The van der Waals surface area contributed by atoms with Crippen molar-refractivity contribution in [3.63, 3.8) is 0 Å². The molecule has 0 saturated carbocycles. The highest BCUT2D eigenvalue weighted by atomic mass is 35.5. The molecule has 0 atom stereocenters. The van der Waals surface area contributed by atoms with Crippen LogP contribution in [0.4, 0.5) is 0 Å². The van der Waals surface area contributed by atoms with Gasteiger partial charge in [-0.3, -0.25) is 0 Å². The number of aryl methyl sites for hydroxylation is 1. The van der Waals surface area contributed by atoms with E-state index in [2.05, 4.69) is 4.99 Å². The Morgan fingerprint density at radius 3 is 2.50 bits per heavy atom. The summed E-state index contributed by atoms with van der Waals surface area (Å²) in [6, 6.07) is 13.0. The van der Waals surface area contributed by atoms with E-state index in [1.807, 2.05) is 31.2 Å². The Hall–Kier alpha value is -2.36. The summed E-state index contributed by atoms with van der Waals surface area (Å²) in [7, 11) is 0. The van der Waals surface area contributed by atoms with Gasteiger partial charge < -0.3 is 4.74 Å². The number of carbonyl (C=O) groups is 1. The molecule has 0 saturated heterocycles. The molecule has 1 heterocycles. The van der Waals surface area contributed by atoms with Crippen LogP contribution in [0.5, 0.6) is 0 Å². The minimum absolute atomic E-state index is 0.226. The molecule has 0 aliphatic carbocycles. The molecular formula is C19H13Cl2NO2. The first-order valence-corrected chi connectivity index (χ1v) is 7.99. The number of benzene rings is 2. The van der Waals surface area contributed by atoms with Gasteiger partial charge in [-0.2, -0.15) is 0 Å². The first-order valence-electron chi connectivity index (χ1n) is 7.23. The quantitative estimate of drug-likeness (QED) is 0.551. The minimum Gasteiger partial charge on any atom is -0.403 e. The highest BCUT2D eigenvalue weighted by Gasteiger charge is 2.21. The summed E-state index contributed by atoms with van der Waals surface area (Å²) in [6.07, 6.45) is 5.01. The molecule has 1 aliphatic heterocycles. The second-order valence-corrected chi connectivity index (χ2v) is 6.12. The smallest absolute Gasteiger partial charge is 0.363 e. The molecule has 0 aromatic heterocycles. The lowest BCUT2D eigenvalue weighted by Crippen LogP contribution is -2.01. The van der Waals surface area contributed by atoms with Gasteiger partial charge in [-0.25, -0.2) is 9.79 Å². The fourth-order valence-corrected chi connectivity index (χ4v) is 2.59. The van der Waals surface area contributed by atoms with E-state index in [4.69, 9.17) is 27.9 Å². The third-order valence-electron chi connectivity index (χ3n) is 3.39. The van der Waals surface area contributed by atoms with Gasteiger partial charge in [0.05, 0.1) is 0 Å². The number of ether oxygens (including phenoxy) is 1. The average molecular weight is 358 g/mol. The molecule has 0 spiro atoms. The molecule has 1 aliphatic rings. The highest BCUT2D eigenvalue weighted by Crippen LogP contribution is 2.23. The normalized spacial score (nSPS) is 15.9. The number of esters is 1. The Morgan fingerprint density at radius 2 is 1.79 bits per heavy atom. The number of nitrogens with zero attached hydrogens (tertiary/aromatic N) is 1. The van der Waals surface area contributed by atoms with E-state index in [9.17, 15) is 4.79 Å². The summed E-state index contributed by atoms with van der Waals surface area (Å²) in [4.78, 5) is 16.1. The summed E-state index contributed by atoms with van der Waals surface area (Å²) in [5.41, 5.74) is 3.07. The standard InChI is InChI=1S/C19H13Cl2NO2/c1-12-2-4-13(5-3-12)10-17-19(23)24-18(22-17)9-7-14-6-8-15(20)11-16(14)21/h2-11H,1H3/b9-7+,17-10-. The number of rotatable bonds is 3. The van der Waals surface area contributed by atoms with Crippen LogP contribution in [0.2, 0.25) is 10.0 Å². The van der Waals surface area contributed by atoms with E-state index in [1.165, 1.54) is 0 Å². The maximum absolute atomic E-state index is 11.9. The number of hydrogen-bond donors (Lipinski definition) is 0. The predicted octanol–water partition coefficient (Wildman–Crippen LogP) is 5.31. The van der Waals surface area contributed by atoms with E-state index in [1.54, 1.807) is 36.4 Å². The summed E-state index contributed by atoms with van der Waals surface area (Å²) in [5, 5.41) is 1.07. The highest BCUT2D eigenvalue weighted by molar-refractivity contribution is 6.35. The SMILES string of the molecule is Cc1ccc(/C=C2N=C(/C=C/c3ccc(Cl)cc3Cl)OC\2=O)cc1. The Bertz CT molecular complexity index is 881. The zero-order valence-corrected chi connectivity index (χ0v) is 14.3. The molecule has 2 aromatic rings.